The minimum atomic E-state index is -0.143. The van der Waals surface area contributed by atoms with Crippen LogP contribution >= 0.6 is 0 Å². The molecule has 8 heteroatoms. The molecule has 0 aliphatic carbocycles. The van der Waals surface area contributed by atoms with Crippen molar-refractivity contribution in [2.45, 2.75) is 20.4 Å². The molecule has 0 unspecified atom stereocenters. The fourth-order valence-corrected chi connectivity index (χ4v) is 3.40. The van der Waals surface area contributed by atoms with Gasteiger partial charge in [0.05, 0.1) is 29.9 Å². The summed E-state index contributed by atoms with van der Waals surface area (Å²) in [6.45, 7) is 7.15. The number of ether oxygens (including phenoxy) is 1. The number of nitrogens with zero attached hydrogens (tertiary/aromatic N) is 4. The molecular weight excluding hydrogens is 346 g/mol. The number of benzene rings is 1. The molecular formula is C19H23N5O3. The van der Waals surface area contributed by atoms with Crippen LogP contribution in [-0.4, -0.2) is 46.9 Å². The Morgan fingerprint density at radius 3 is 2.74 bits per heavy atom. The summed E-state index contributed by atoms with van der Waals surface area (Å²) in [4.78, 5) is 19.5. The van der Waals surface area contributed by atoms with Gasteiger partial charge in [-0.15, -0.1) is 0 Å². The van der Waals surface area contributed by atoms with E-state index in [4.69, 9.17) is 14.2 Å². The Hall–Kier alpha value is -2.87. The first kappa shape index (κ1) is 17.5. The number of carbonyl (C=O) groups is 1. The Labute approximate surface area is 157 Å². The molecule has 1 aliphatic heterocycles. The average molecular weight is 369 g/mol. The summed E-state index contributed by atoms with van der Waals surface area (Å²) in [6.07, 6.45) is 0. The summed E-state index contributed by atoms with van der Waals surface area (Å²) in [5.74, 6) is 1.49. The molecule has 8 nitrogen and oxygen atoms in total. The van der Waals surface area contributed by atoms with Crippen molar-refractivity contribution in [3.63, 3.8) is 0 Å². The first-order chi connectivity index (χ1) is 13.0. The number of carbonyl (C=O) groups excluding carboxylic acids is 1. The second-order valence-electron chi connectivity index (χ2n) is 6.76. The summed E-state index contributed by atoms with van der Waals surface area (Å²) < 4.78 is 12.6. The molecule has 27 heavy (non-hydrogen) atoms. The summed E-state index contributed by atoms with van der Waals surface area (Å²) >= 11 is 0. The Morgan fingerprint density at radius 1 is 1.26 bits per heavy atom. The molecule has 1 fully saturated rings. The van der Waals surface area contributed by atoms with Gasteiger partial charge in [-0.25, -0.2) is 4.98 Å². The first-order valence-electron chi connectivity index (χ1n) is 9.03. The SMILES string of the molecule is Cc1noc(C)c1CNC(=O)c1ccc2c(c1)nc(N1CCOCC1)n2C. The van der Waals surface area contributed by atoms with E-state index in [1.165, 1.54) is 0 Å². The van der Waals surface area contributed by atoms with Crippen LogP contribution < -0.4 is 10.2 Å². The second-order valence-corrected chi connectivity index (χ2v) is 6.76. The largest absolute Gasteiger partial charge is 0.378 e. The van der Waals surface area contributed by atoms with Gasteiger partial charge < -0.3 is 24.0 Å². The summed E-state index contributed by atoms with van der Waals surface area (Å²) in [5.41, 5.74) is 4.10. The number of fused-ring (bicyclic) bond motifs is 1. The van der Waals surface area contributed by atoms with Crippen LogP contribution in [0.1, 0.15) is 27.4 Å². The third-order valence-electron chi connectivity index (χ3n) is 5.02. The molecule has 0 bridgehead atoms. The highest BCUT2D eigenvalue weighted by Crippen LogP contribution is 2.23. The fourth-order valence-electron chi connectivity index (χ4n) is 3.40. The molecule has 0 radical (unpaired) electrons. The Morgan fingerprint density at radius 2 is 2.04 bits per heavy atom. The molecule has 1 aromatic carbocycles. The van der Waals surface area contributed by atoms with E-state index < -0.39 is 0 Å². The van der Waals surface area contributed by atoms with Gasteiger partial charge in [0.25, 0.3) is 5.91 Å². The minimum Gasteiger partial charge on any atom is -0.378 e. The van der Waals surface area contributed by atoms with Crippen LogP contribution in [-0.2, 0) is 18.3 Å². The maximum atomic E-state index is 12.6. The molecule has 1 amide bonds. The molecule has 4 rings (SSSR count). The predicted octanol–water partition coefficient (Wildman–Crippen LogP) is 1.94. The van der Waals surface area contributed by atoms with Crippen LogP contribution in [0.4, 0.5) is 5.95 Å². The third kappa shape index (κ3) is 3.28. The van der Waals surface area contributed by atoms with Gasteiger partial charge in [-0.05, 0) is 32.0 Å². The van der Waals surface area contributed by atoms with Crippen molar-refractivity contribution in [3.8, 4) is 0 Å². The fraction of sp³-hybridized carbons (Fsp3) is 0.421. The molecule has 2 aromatic heterocycles. The minimum absolute atomic E-state index is 0.143. The Kier molecular flexibility index (Phi) is 4.57. The van der Waals surface area contributed by atoms with E-state index in [-0.39, 0.29) is 5.91 Å². The van der Waals surface area contributed by atoms with E-state index in [0.29, 0.717) is 25.3 Å². The van der Waals surface area contributed by atoms with E-state index in [1.807, 2.05) is 39.1 Å². The number of amides is 1. The molecule has 0 saturated carbocycles. The van der Waals surface area contributed by atoms with Gasteiger partial charge in [0.15, 0.2) is 0 Å². The van der Waals surface area contributed by atoms with Crippen molar-refractivity contribution in [1.82, 2.24) is 20.0 Å². The van der Waals surface area contributed by atoms with Gasteiger partial charge in [0.1, 0.15) is 5.76 Å². The molecule has 3 aromatic rings. The number of nitrogens with one attached hydrogen (secondary N) is 1. The van der Waals surface area contributed by atoms with E-state index >= 15 is 0 Å². The van der Waals surface area contributed by atoms with Crippen LogP contribution in [0.25, 0.3) is 11.0 Å². The number of hydrogen-bond acceptors (Lipinski definition) is 6. The van der Waals surface area contributed by atoms with Crippen molar-refractivity contribution in [3.05, 3.63) is 40.8 Å². The number of aryl methyl sites for hydroxylation is 3. The topological polar surface area (TPSA) is 85.4 Å². The van der Waals surface area contributed by atoms with Gasteiger partial charge >= 0.3 is 0 Å². The maximum Gasteiger partial charge on any atom is 0.251 e. The van der Waals surface area contributed by atoms with Crippen molar-refractivity contribution in [2.24, 2.45) is 7.05 Å². The molecule has 0 spiro atoms. The van der Waals surface area contributed by atoms with Crippen LogP contribution in [0.3, 0.4) is 0 Å². The lowest BCUT2D eigenvalue weighted by Crippen LogP contribution is -2.37. The van der Waals surface area contributed by atoms with Crippen LogP contribution in [0, 0.1) is 13.8 Å². The zero-order valence-corrected chi connectivity index (χ0v) is 15.8. The van der Waals surface area contributed by atoms with Gasteiger partial charge in [0.2, 0.25) is 5.95 Å². The first-order valence-corrected chi connectivity index (χ1v) is 9.03. The van der Waals surface area contributed by atoms with Gasteiger partial charge in [-0.3, -0.25) is 4.79 Å². The Bertz CT molecular complexity index is 965. The lowest BCUT2D eigenvalue weighted by atomic mass is 10.1. The van der Waals surface area contributed by atoms with Crippen LogP contribution in [0.5, 0.6) is 0 Å². The second kappa shape index (κ2) is 7.03. The molecule has 1 aliphatic rings. The number of rotatable bonds is 4. The normalized spacial score (nSPS) is 14.7. The highest BCUT2D eigenvalue weighted by Gasteiger charge is 2.19. The number of morpholine rings is 1. The third-order valence-corrected chi connectivity index (χ3v) is 5.02. The van der Waals surface area contributed by atoms with Crippen molar-refractivity contribution < 1.29 is 14.1 Å². The van der Waals surface area contributed by atoms with E-state index in [1.54, 1.807) is 0 Å². The van der Waals surface area contributed by atoms with Crippen LogP contribution in [0.15, 0.2) is 22.7 Å². The lowest BCUT2D eigenvalue weighted by molar-refractivity contribution is 0.0951. The highest BCUT2D eigenvalue weighted by molar-refractivity contribution is 5.97. The highest BCUT2D eigenvalue weighted by atomic mass is 16.5. The quantitative estimate of drug-likeness (QED) is 0.757. The van der Waals surface area contributed by atoms with Crippen molar-refractivity contribution in [2.75, 3.05) is 31.2 Å². The van der Waals surface area contributed by atoms with Crippen molar-refractivity contribution >= 4 is 22.9 Å². The number of anilines is 1. The average Bonchev–Trinajstić information content (AvgIpc) is 3.19. The van der Waals surface area contributed by atoms with Gasteiger partial charge in [-0.2, -0.15) is 0 Å². The zero-order chi connectivity index (χ0) is 19.0. The van der Waals surface area contributed by atoms with Gasteiger partial charge in [0, 0.05) is 37.8 Å². The summed E-state index contributed by atoms with van der Waals surface area (Å²) in [5, 5.41) is 6.84. The standard InChI is InChI=1S/C19H23N5O3/c1-12-15(13(2)27-22-12)11-20-18(25)14-4-5-17-16(10-14)21-19(23(17)3)24-6-8-26-9-7-24/h4-5,10H,6-9,11H2,1-3H3,(H,20,25). The van der Waals surface area contributed by atoms with E-state index in [2.05, 4.69) is 19.9 Å². The molecule has 1 saturated heterocycles. The predicted molar refractivity (Wildman–Crippen MR) is 101 cm³/mol. The number of hydrogen-bond donors (Lipinski definition) is 1. The smallest absolute Gasteiger partial charge is 0.251 e. The van der Waals surface area contributed by atoms with E-state index in [9.17, 15) is 4.79 Å². The summed E-state index contributed by atoms with van der Waals surface area (Å²) in [7, 11) is 2.00. The van der Waals surface area contributed by atoms with Crippen molar-refractivity contribution in [1.29, 1.82) is 0 Å². The zero-order valence-electron chi connectivity index (χ0n) is 15.8. The lowest BCUT2D eigenvalue weighted by Gasteiger charge is -2.27. The van der Waals surface area contributed by atoms with Gasteiger partial charge in [-0.1, -0.05) is 5.16 Å². The Balaban J connectivity index is 1.55. The number of aromatic nitrogens is 3. The molecule has 3 heterocycles. The monoisotopic (exact) mass is 369 g/mol. The van der Waals surface area contributed by atoms with E-state index in [0.717, 1.165) is 47.1 Å². The molecule has 0 atom stereocenters. The molecule has 142 valence electrons. The summed E-state index contributed by atoms with van der Waals surface area (Å²) in [6, 6.07) is 5.61. The number of imidazole rings is 1. The maximum absolute atomic E-state index is 12.6. The van der Waals surface area contributed by atoms with Crippen LogP contribution in [0.2, 0.25) is 0 Å². The molecule has 1 N–H and O–H groups in total.